The van der Waals surface area contributed by atoms with Gasteiger partial charge in [-0.1, -0.05) is 26.3 Å². The molecule has 1 aromatic carbocycles. The molecule has 144 valence electrons. The second-order valence-corrected chi connectivity index (χ2v) is 5.60. The molecule has 0 spiro atoms. The Hall–Kier alpha value is -3.01. The molecule has 0 aromatic heterocycles. The molecule has 0 unspecified atom stereocenters. The zero-order valence-electron chi connectivity index (χ0n) is 15.3. The zero-order valence-corrected chi connectivity index (χ0v) is 15.3. The standard InChI is InChI=1S/C20H22F3N3O/c1-6-13(4)17(18(24)14(7-2)8-3)19(25-5)26-15-9-11-16(12-10-15)27-20(21,22)23/h1,9-12,14H,4-5,7-8,24H2,2-3H3/b18-17-,26-19?. The molecule has 0 aliphatic heterocycles. The van der Waals surface area contributed by atoms with Crippen molar-refractivity contribution in [1.82, 2.24) is 0 Å². The van der Waals surface area contributed by atoms with E-state index in [1.165, 1.54) is 12.1 Å². The number of terminal acetylenes is 1. The van der Waals surface area contributed by atoms with Crippen LogP contribution in [0.1, 0.15) is 26.7 Å². The predicted octanol–water partition coefficient (Wildman–Crippen LogP) is 5.15. The third-order valence-electron chi connectivity index (χ3n) is 3.87. The van der Waals surface area contributed by atoms with Gasteiger partial charge in [-0.25, -0.2) is 9.98 Å². The lowest BCUT2D eigenvalue weighted by Gasteiger charge is -2.18. The van der Waals surface area contributed by atoms with Crippen molar-refractivity contribution in [1.29, 1.82) is 0 Å². The van der Waals surface area contributed by atoms with E-state index in [1.54, 1.807) is 0 Å². The Labute approximate surface area is 157 Å². The third kappa shape index (κ3) is 6.33. The van der Waals surface area contributed by atoms with Crippen LogP contribution >= 0.6 is 0 Å². The molecule has 1 aromatic rings. The molecule has 2 N–H and O–H groups in total. The first kappa shape index (κ1) is 22.0. The van der Waals surface area contributed by atoms with Crippen LogP contribution in [0.4, 0.5) is 18.9 Å². The number of nitrogens with two attached hydrogens (primary N) is 1. The van der Waals surface area contributed by atoms with Crippen LogP contribution in [0, 0.1) is 18.3 Å². The number of amidine groups is 1. The Kier molecular flexibility index (Phi) is 7.85. The fraction of sp³-hybridized carbons (Fsp3) is 0.300. The number of alkyl halides is 3. The summed E-state index contributed by atoms with van der Waals surface area (Å²) in [6.45, 7) is 11.3. The molecule has 4 nitrogen and oxygen atoms in total. The number of halogens is 3. The molecule has 0 bridgehead atoms. The average molecular weight is 377 g/mol. The summed E-state index contributed by atoms with van der Waals surface area (Å²) in [7, 11) is 0. The van der Waals surface area contributed by atoms with Gasteiger partial charge in [-0.15, -0.1) is 19.6 Å². The van der Waals surface area contributed by atoms with Crippen LogP contribution in [0.3, 0.4) is 0 Å². The Morgan fingerprint density at radius 1 is 1.26 bits per heavy atom. The fourth-order valence-electron chi connectivity index (χ4n) is 2.46. The lowest BCUT2D eigenvalue weighted by molar-refractivity contribution is -0.274. The van der Waals surface area contributed by atoms with Crippen molar-refractivity contribution in [3.05, 3.63) is 47.7 Å². The van der Waals surface area contributed by atoms with Crippen molar-refractivity contribution in [3.63, 3.8) is 0 Å². The Bertz CT molecular complexity index is 780. The molecule has 0 aliphatic carbocycles. The second-order valence-electron chi connectivity index (χ2n) is 5.60. The lowest BCUT2D eigenvalue weighted by atomic mass is 9.92. The van der Waals surface area contributed by atoms with Gasteiger partial charge in [0, 0.05) is 11.3 Å². The van der Waals surface area contributed by atoms with E-state index in [9.17, 15) is 13.2 Å². The average Bonchev–Trinajstić information content (AvgIpc) is 2.62. The largest absolute Gasteiger partial charge is 0.573 e. The fourth-order valence-corrected chi connectivity index (χ4v) is 2.46. The number of hydrogen-bond acceptors (Lipinski definition) is 3. The lowest BCUT2D eigenvalue weighted by Crippen LogP contribution is -2.18. The van der Waals surface area contributed by atoms with E-state index in [2.05, 4.69) is 33.9 Å². The van der Waals surface area contributed by atoms with Gasteiger partial charge in [-0.3, -0.25) is 0 Å². The minimum absolute atomic E-state index is 0.0552. The van der Waals surface area contributed by atoms with Crippen LogP contribution in [0.2, 0.25) is 0 Å². The quantitative estimate of drug-likeness (QED) is 0.309. The normalized spacial score (nSPS) is 13.0. The number of aliphatic imine (C=N–C) groups is 2. The molecule has 0 atom stereocenters. The number of hydrogen-bond donors (Lipinski definition) is 1. The van der Waals surface area contributed by atoms with E-state index in [1.807, 2.05) is 13.8 Å². The molecular weight excluding hydrogens is 355 g/mol. The van der Waals surface area contributed by atoms with Crippen LogP contribution in [0.15, 0.2) is 57.7 Å². The summed E-state index contributed by atoms with van der Waals surface area (Å²) in [4.78, 5) is 8.21. The first-order chi connectivity index (χ1) is 12.7. The zero-order chi connectivity index (χ0) is 20.6. The minimum Gasteiger partial charge on any atom is -0.406 e. The molecule has 0 saturated heterocycles. The Balaban J connectivity index is 3.36. The summed E-state index contributed by atoms with van der Waals surface area (Å²) in [5, 5.41) is 0. The summed E-state index contributed by atoms with van der Waals surface area (Å²) in [6, 6.07) is 5.01. The predicted molar refractivity (Wildman–Crippen MR) is 103 cm³/mol. The highest BCUT2D eigenvalue weighted by Crippen LogP contribution is 2.27. The van der Waals surface area contributed by atoms with Gasteiger partial charge in [-0.2, -0.15) is 0 Å². The molecule has 0 heterocycles. The van der Waals surface area contributed by atoms with Crippen molar-refractivity contribution in [2.24, 2.45) is 21.6 Å². The molecule has 0 aliphatic rings. The maximum Gasteiger partial charge on any atom is 0.573 e. The van der Waals surface area contributed by atoms with Crippen molar-refractivity contribution < 1.29 is 17.9 Å². The van der Waals surface area contributed by atoms with Gasteiger partial charge in [-0.05, 0) is 49.7 Å². The number of allylic oxidation sites excluding steroid dienone is 1. The van der Waals surface area contributed by atoms with E-state index in [0.29, 0.717) is 22.5 Å². The van der Waals surface area contributed by atoms with Crippen LogP contribution in [0.25, 0.3) is 0 Å². The van der Waals surface area contributed by atoms with Gasteiger partial charge in [0.15, 0.2) is 5.84 Å². The smallest absolute Gasteiger partial charge is 0.406 e. The maximum atomic E-state index is 12.3. The highest BCUT2D eigenvalue weighted by Gasteiger charge is 2.31. The summed E-state index contributed by atoms with van der Waals surface area (Å²) >= 11 is 0. The Morgan fingerprint density at radius 3 is 2.22 bits per heavy atom. The van der Waals surface area contributed by atoms with E-state index in [0.717, 1.165) is 25.0 Å². The molecule has 0 radical (unpaired) electrons. The van der Waals surface area contributed by atoms with Crippen LogP contribution in [0.5, 0.6) is 5.75 Å². The molecule has 0 saturated carbocycles. The summed E-state index contributed by atoms with van der Waals surface area (Å²) in [5.41, 5.74) is 7.86. The molecule has 27 heavy (non-hydrogen) atoms. The van der Waals surface area contributed by atoms with E-state index < -0.39 is 6.36 Å². The summed E-state index contributed by atoms with van der Waals surface area (Å²) in [5.74, 6) is 2.30. The minimum atomic E-state index is -4.76. The SMILES string of the molecule is C#CC(=C)/C(C(N=C)=Nc1ccc(OC(F)(F)F)cc1)=C(/N)C(CC)CC. The number of benzene rings is 1. The third-order valence-corrected chi connectivity index (χ3v) is 3.87. The molecule has 1 rings (SSSR count). The van der Waals surface area contributed by atoms with Gasteiger partial charge in [0.2, 0.25) is 0 Å². The highest BCUT2D eigenvalue weighted by molar-refractivity contribution is 6.07. The van der Waals surface area contributed by atoms with Gasteiger partial charge in [0.1, 0.15) is 5.75 Å². The van der Waals surface area contributed by atoms with Gasteiger partial charge >= 0.3 is 6.36 Å². The van der Waals surface area contributed by atoms with E-state index in [4.69, 9.17) is 12.2 Å². The first-order valence-electron chi connectivity index (χ1n) is 8.23. The van der Waals surface area contributed by atoms with Crippen molar-refractivity contribution >= 4 is 18.2 Å². The van der Waals surface area contributed by atoms with Crippen LogP contribution < -0.4 is 10.5 Å². The van der Waals surface area contributed by atoms with E-state index in [-0.39, 0.29) is 17.5 Å². The van der Waals surface area contributed by atoms with Crippen LogP contribution in [-0.4, -0.2) is 18.9 Å². The maximum absolute atomic E-state index is 12.3. The van der Waals surface area contributed by atoms with Crippen molar-refractivity contribution in [2.45, 2.75) is 33.1 Å². The molecule has 0 amide bonds. The van der Waals surface area contributed by atoms with E-state index >= 15 is 0 Å². The summed E-state index contributed by atoms with van der Waals surface area (Å²) in [6.07, 6.45) is 2.30. The highest BCUT2D eigenvalue weighted by atomic mass is 19.4. The monoisotopic (exact) mass is 377 g/mol. The van der Waals surface area contributed by atoms with Crippen LogP contribution in [-0.2, 0) is 0 Å². The first-order valence-corrected chi connectivity index (χ1v) is 8.23. The number of ether oxygens (including phenoxy) is 1. The molecule has 7 heteroatoms. The second kappa shape index (κ2) is 9.62. The van der Waals surface area contributed by atoms with Gasteiger partial charge in [0.05, 0.1) is 11.3 Å². The van der Waals surface area contributed by atoms with Gasteiger partial charge < -0.3 is 10.5 Å². The number of nitrogens with zero attached hydrogens (tertiary/aromatic N) is 2. The molecule has 0 fully saturated rings. The Morgan fingerprint density at radius 2 is 1.81 bits per heavy atom. The van der Waals surface area contributed by atoms with Crippen molar-refractivity contribution in [3.8, 4) is 18.1 Å². The summed E-state index contributed by atoms with van der Waals surface area (Å²) < 4.78 is 40.6. The van der Waals surface area contributed by atoms with Gasteiger partial charge in [0.25, 0.3) is 0 Å². The molecular formula is C20H22F3N3O. The topological polar surface area (TPSA) is 60.0 Å². The number of rotatable bonds is 7. The van der Waals surface area contributed by atoms with Crippen molar-refractivity contribution in [2.75, 3.05) is 0 Å².